The summed E-state index contributed by atoms with van der Waals surface area (Å²) in [6.45, 7) is 0. The molecular weight excluding hydrogens is 280 g/mol. The molecule has 0 atom stereocenters. The van der Waals surface area contributed by atoms with Gasteiger partial charge in [-0.3, -0.25) is 0 Å². The highest BCUT2D eigenvalue weighted by molar-refractivity contribution is 5.87. The minimum atomic E-state index is 0.830. The van der Waals surface area contributed by atoms with Crippen LogP contribution < -0.4 is 0 Å². The van der Waals surface area contributed by atoms with Crippen LogP contribution in [0.3, 0.4) is 0 Å². The van der Waals surface area contributed by atoms with Crippen molar-refractivity contribution < 1.29 is 4.42 Å². The van der Waals surface area contributed by atoms with Crippen molar-refractivity contribution in [2.24, 2.45) is 0 Å². The molecule has 4 aromatic rings. The lowest BCUT2D eigenvalue weighted by Gasteiger charge is -1.99. The maximum absolute atomic E-state index is 6.27. The standard InChI is InChI=1S/C22H18O/c1-3-9-17(10-4-1)15-21-19-13-7-8-14-20(19)22(23-21)16-18-11-5-2-6-12-18/h1-14H,15-16H2. The monoisotopic (exact) mass is 298 g/mol. The number of hydrogen-bond donors (Lipinski definition) is 0. The van der Waals surface area contributed by atoms with E-state index in [0.717, 1.165) is 24.4 Å². The van der Waals surface area contributed by atoms with Gasteiger partial charge in [-0.1, -0.05) is 84.9 Å². The van der Waals surface area contributed by atoms with Crippen molar-refractivity contribution in [3.63, 3.8) is 0 Å². The first-order valence-electron chi connectivity index (χ1n) is 7.97. The van der Waals surface area contributed by atoms with E-state index in [-0.39, 0.29) is 0 Å². The summed E-state index contributed by atoms with van der Waals surface area (Å²) in [7, 11) is 0. The van der Waals surface area contributed by atoms with Gasteiger partial charge in [0.2, 0.25) is 0 Å². The molecule has 1 heterocycles. The number of hydrogen-bond acceptors (Lipinski definition) is 1. The zero-order chi connectivity index (χ0) is 15.5. The molecule has 1 aromatic heterocycles. The Bertz CT molecular complexity index is 829. The van der Waals surface area contributed by atoms with Crippen LogP contribution in [-0.2, 0) is 12.8 Å². The highest BCUT2D eigenvalue weighted by Crippen LogP contribution is 2.29. The molecule has 0 amide bonds. The van der Waals surface area contributed by atoms with Crippen molar-refractivity contribution in [2.75, 3.05) is 0 Å². The van der Waals surface area contributed by atoms with Crippen LogP contribution in [0.25, 0.3) is 10.8 Å². The van der Waals surface area contributed by atoms with Crippen LogP contribution in [0.4, 0.5) is 0 Å². The number of benzene rings is 3. The van der Waals surface area contributed by atoms with Crippen LogP contribution >= 0.6 is 0 Å². The van der Waals surface area contributed by atoms with Crippen LogP contribution in [0.2, 0.25) is 0 Å². The predicted molar refractivity (Wildman–Crippen MR) is 94.7 cm³/mol. The van der Waals surface area contributed by atoms with E-state index in [4.69, 9.17) is 4.42 Å². The zero-order valence-electron chi connectivity index (χ0n) is 12.9. The largest absolute Gasteiger partial charge is 0.464 e. The first-order valence-corrected chi connectivity index (χ1v) is 7.97. The molecule has 1 heteroatoms. The zero-order valence-corrected chi connectivity index (χ0v) is 12.9. The Hall–Kier alpha value is -2.80. The molecule has 0 bridgehead atoms. The molecule has 0 aliphatic carbocycles. The van der Waals surface area contributed by atoms with E-state index in [0.29, 0.717) is 0 Å². The second-order valence-corrected chi connectivity index (χ2v) is 5.82. The maximum atomic E-state index is 6.27. The molecule has 0 aliphatic rings. The summed E-state index contributed by atoms with van der Waals surface area (Å²) in [5.74, 6) is 2.11. The average molecular weight is 298 g/mol. The fourth-order valence-electron chi connectivity index (χ4n) is 3.05. The minimum Gasteiger partial charge on any atom is -0.464 e. The number of fused-ring (bicyclic) bond motifs is 1. The van der Waals surface area contributed by atoms with Gasteiger partial charge in [0.05, 0.1) is 0 Å². The fourth-order valence-corrected chi connectivity index (χ4v) is 3.05. The molecule has 0 saturated carbocycles. The van der Waals surface area contributed by atoms with Crippen LogP contribution in [0.5, 0.6) is 0 Å². The minimum absolute atomic E-state index is 0.830. The first-order chi connectivity index (χ1) is 11.4. The Kier molecular flexibility index (Phi) is 3.69. The molecule has 23 heavy (non-hydrogen) atoms. The van der Waals surface area contributed by atoms with E-state index >= 15 is 0 Å². The molecule has 0 radical (unpaired) electrons. The summed E-state index contributed by atoms with van der Waals surface area (Å²) >= 11 is 0. The summed E-state index contributed by atoms with van der Waals surface area (Å²) in [6, 6.07) is 29.5. The third kappa shape index (κ3) is 2.91. The van der Waals surface area contributed by atoms with Crippen molar-refractivity contribution in [2.45, 2.75) is 12.8 Å². The lowest BCUT2D eigenvalue weighted by atomic mass is 10.0. The van der Waals surface area contributed by atoms with Crippen molar-refractivity contribution in [1.82, 2.24) is 0 Å². The summed E-state index contributed by atoms with van der Waals surface area (Å²) < 4.78 is 6.27. The van der Waals surface area contributed by atoms with Crippen molar-refractivity contribution >= 4 is 10.8 Å². The Morgan fingerprint density at radius 3 is 1.30 bits per heavy atom. The first kappa shape index (κ1) is 13.8. The third-order valence-corrected chi connectivity index (χ3v) is 4.19. The third-order valence-electron chi connectivity index (χ3n) is 4.19. The highest BCUT2D eigenvalue weighted by atomic mass is 16.3. The van der Waals surface area contributed by atoms with E-state index in [1.165, 1.54) is 21.9 Å². The molecule has 3 aromatic carbocycles. The summed E-state index contributed by atoms with van der Waals surface area (Å²) in [4.78, 5) is 0. The Labute approximate surface area is 136 Å². The molecule has 0 aliphatic heterocycles. The average Bonchev–Trinajstić information content (AvgIpc) is 2.95. The molecule has 0 spiro atoms. The molecule has 4 rings (SSSR count). The quantitative estimate of drug-likeness (QED) is 0.477. The van der Waals surface area contributed by atoms with E-state index in [2.05, 4.69) is 72.8 Å². The van der Waals surface area contributed by atoms with Gasteiger partial charge >= 0.3 is 0 Å². The lowest BCUT2D eigenvalue weighted by molar-refractivity contribution is 0.488. The number of rotatable bonds is 4. The summed E-state index contributed by atoms with van der Waals surface area (Å²) in [5.41, 5.74) is 2.55. The predicted octanol–water partition coefficient (Wildman–Crippen LogP) is 5.61. The normalized spacial score (nSPS) is 11.0. The lowest BCUT2D eigenvalue weighted by Crippen LogP contribution is -1.86. The van der Waals surface area contributed by atoms with Crippen molar-refractivity contribution in [3.05, 3.63) is 108 Å². The van der Waals surface area contributed by atoms with Gasteiger partial charge in [0.25, 0.3) is 0 Å². The van der Waals surface area contributed by atoms with Crippen LogP contribution in [-0.4, -0.2) is 0 Å². The topological polar surface area (TPSA) is 13.1 Å². The van der Waals surface area contributed by atoms with E-state index in [1.54, 1.807) is 0 Å². The molecule has 0 N–H and O–H groups in total. The van der Waals surface area contributed by atoms with Gasteiger partial charge in [0.15, 0.2) is 0 Å². The van der Waals surface area contributed by atoms with Crippen LogP contribution in [0.1, 0.15) is 22.6 Å². The molecular formula is C22H18O. The molecule has 1 nitrogen and oxygen atoms in total. The smallest absolute Gasteiger partial charge is 0.116 e. The van der Waals surface area contributed by atoms with Gasteiger partial charge in [-0.05, 0) is 11.1 Å². The Balaban J connectivity index is 1.74. The van der Waals surface area contributed by atoms with Crippen molar-refractivity contribution in [3.8, 4) is 0 Å². The van der Waals surface area contributed by atoms with Gasteiger partial charge in [-0.15, -0.1) is 0 Å². The van der Waals surface area contributed by atoms with Crippen molar-refractivity contribution in [1.29, 1.82) is 0 Å². The molecule has 0 fully saturated rings. The van der Waals surface area contributed by atoms with E-state index < -0.39 is 0 Å². The van der Waals surface area contributed by atoms with E-state index in [9.17, 15) is 0 Å². The van der Waals surface area contributed by atoms with Crippen LogP contribution in [0, 0.1) is 0 Å². The van der Waals surface area contributed by atoms with Gasteiger partial charge in [0, 0.05) is 23.6 Å². The van der Waals surface area contributed by atoms with Gasteiger partial charge < -0.3 is 4.42 Å². The second kappa shape index (κ2) is 6.13. The highest BCUT2D eigenvalue weighted by Gasteiger charge is 2.13. The maximum Gasteiger partial charge on any atom is 0.116 e. The van der Waals surface area contributed by atoms with Gasteiger partial charge in [-0.25, -0.2) is 0 Å². The molecule has 0 unspecified atom stereocenters. The Morgan fingerprint density at radius 1 is 0.478 bits per heavy atom. The second-order valence-electron chi connectivity index (χ2n) is 5.82. The summed E-state index contributed by atoms with van der Waals surface area (Å²) in [5, 5.41) is 2.45. The van der Waals surface area contributed by atoms with Gasteiger partial charge in [-0.2, -0.15) is 0 Å². The van der Waals surface area contributed by atoms with Crippen LogP contribution in [0.15, 0.2) is 89.3 Å². The summed E-state index contributed by atoms with van der Waals surface area (Å²) in [6.07, 6.45) is 1.66. The molecule has 112 valence electrons. The number of furan rings is 1. The Morgan fingerprint density at radius 2 is 0.870 bits per heavy atom. The SMILES string of the molecule is c1ccc(Cc2oc(Cc3ccccc3)c3ccccc23)cc1. The molecule has 0 saturated heterocycles. The van der Waals surface area contributed by atoms with Gasteiger partial charge in [0.1, 0.15) is 11.5 Å². The fraction of sp³-hybridized carbons (Fsp3) is 0.0909. The van der Waals surface area contributed by atoms with E-state index in [1.807, 2.05) is 12.1 Å².